The first-order valence-electron chi connectivity index (χ1n) is 4.29. The minimum absolute atomic E-state index is 0.236. The Kier molecular flexibility index (Phi) is 3.60. The molecule has 0 spiro atoms. The van der Waals surface area contributed by atoms with Crippen LogP contribution in [0.4, 0.5) is 0 Å². The van der Waals surface area contributed by atoms with Gasteiger partial charge in [-0.1, -0.05) is 30.8 Å². The van der Waals surface area contributed by atoms with Crippen molar-refractivity contribution >= 4 is 16.9 Å². The summed E-state index contributed by atoms with van der Waals surface area (Å²) in [5.41, 5.74) is 0.969. The molecule has 1 nitrogen and oxygen atoms in total. The summed E-state index contributed by atoms with van der Waals surface area (Å²) in [5.74, 6) is 1.18. The van der Waals surface area contributed by atoms with Crippen molar-refractivity contribution in [1.29, 1.82) is 0 Å². The van der Waals surface area contributed by atoms with Crippen LogP contribution in [0.25, 0.3) is 0 Å². The molecular formula is C10H14OS. The molecule has 0 radical (unpaired) electrons. The van der Waals surface area contributed by atoms with Crippen LogP contribution in [0.15, 0.2) is 24.3 Å². The first kappa shape index (κ1) is 9.59. The highest BCUT2D eigenvalue weighted by Gasteiger charge is 2.21. The first-order chi connectivity index (χ1) is 5.79. The lowest BCUT2D eigenvalue weighted by Crippen LogP contribution is -2.04. The Morgan fingerprint density at radius 2 is 2.67 bits per heavy atom. The number of carbonyl (C=O) groups excluding carboxylic acids is 1. The van der Waals surface area contributed by atoms with E-state index in [2.05, 4.69) is 12.7 Å². The topological polar surface area (TPSA) is 17.1 Å². The molecule has 12 heavy (non-hydrogen) atoms. The van der Waals surface area contributed by atoms with E-state index in [1.807, 2.05) is 13.0 Å². The van der Waals surface area contributed by atoms with Crippen molar-refractivity contribution in [1.82, 2.24) is 0 Å². The summed E-state index contributed by atoms with van der Waals surface area (Å²) in [5, 5.41) is 0.236. The normalized spacial score (nSPS) is 22.1. The predicted octanol–water partition coefficient (Wildman–Crippen LogP) is 2.79. The number of rotatable bonds is 3. The molecule has 0 saturated carbocycles. The Hall–Kier alpha value is -0.500. The number of allylic oxidation sites excluding steroid dienone is 2. The minimum atomic E-state index is 0.236. The van der Waals surface area contributed by atoms with E-state index in [9.17, 15) is 4.79 Å². The van der Waals surface area contributed by atoms with E-state index in [4.69, 9.17) is 0 Å². The van der Waals surface area contributed by atoms with E-state index < -0.39 is 0 Å². The molecule has 2 heteroatoms. The molecule has 0 amide bonds. The Morgan fingerprint density at radius 3 is 3.25 bits per heavy atom. The van der Waals surface area contributed by atoms with Crippen molar-refractivity contribution in [3.63, 3.8) is 0 Å². The largest absolute Gasteiger partial charge is 0.282 e. The summed E-state index contributed by atoms with van der Waals surface area (Å²) < 4.78 is 0. The standard InChI is InChI=1S/C10H14OS/c1-3-8-6-5-7-9(8)10(11)12-4-2/h3,7-8H,1,4-6H2,2H3. The Balaban J connectivity index is 2.60. The third-order valence-electron chi connectivity index (χ3n) is 2.04. The van der Waals surface area contributed by atoms with Crippen molar-refractivity contribution in [3.8, 4) is 0 Å². The van der Waals surface area contributed by atoms with E-state index in [1.54, 1.807) is 0 Å². The van der Waals surface area contributed by atoms with Crippen LogP contribution >= 0.6 is 11.8 Å². The van der Waals surface area contributed by atoms with Gasteiger partial charge >= 0.3 is 0 Å². The van der Waals surface area contributed by atoms with Crippen LogP contribution in [0, 0.1) is 5.92 Å². The second kappa shape index (κ2) is 4.51. The second-order valence-electron chi connectivity index (χ2n) is 2.80. The molecule has 1 atom stereocenters. The molecule has 0 fully saturated rings. The number of thioether (sulfide) groups is 1. The van der Waals surface area contributed by atoms with E-state index in [1.165, 1.54) is 11.8 Å². The molecule has 0 saturated heterocycles. The van der Waals surface area contributed by atoms with Crippen molar-refractivity contribution in [2.24, 2.45) is 5.92 Å². The lowest BCUT2D eigenvalue weighted by Gasteiger charge is -2.06. The summed E-state index contributed by atoms with van der Waals surface area (Å²) in [6.07, 6.45) is 6.03. The average Bonchev–Trinajstić information content (AvgIpc) is 2.51. The third kappa shape index (κ3) is 2.01. The van der Waals surface area contributed by atoms with Crippen molar-refractivity contribution < 1.29 is 4.79 Å². The Bertz CT molecular complexity index is 218. The van der Waals surface area contributed by atoms with Crippen LogP contribution in [0.3, 0.4) is 0 Å². The lowest BCUT2D eigenvalue weighted by molar-refractivity contribution is -0.108. The van der Waals surface area contributed by atoms with Gasteiger partial charge in [-0.05, 0) is 18.6 Å². The van der Waals surface area contributed by atoms with Gasteiger partial charge in [-0.25, -0.2) is 0 Å². The molecule has 1 aliphatic rings. The fraction of sp³-hybridized carbons (Fsp3) is 0.500. The average molecular weight is 182 g/mol. The zero-order valence-corrected chi connectivity index (χ0v) is 8.19. The molecule has 0 heterocycles. The van der Waals surface area contributed by atoms with Gasteiger partial charge in [-0.3, -0.25) is 4.79 Å². The second-order valence-corrected chi connectivity index (χ2v) is 4.04. The van der Waals surface area contributed by atoms with Gasteiger partial charge in [0, 0.05) is 11.5 Å². The van der Waals surface area contributed by atoms with Crippen LogP contribution < -0.4 is 0 Å². The van der Waals surface area contributed by atoms with E-state index in [0.29, 0.717) is 5.92 Å². The quantitative estimate of drug-likeness (QED) is 0.624. The van der Waals surface area contributed by atoms with Crippen molar-refractivity contribution in [3.05, 3.63) is 24.3 Å². The smallest absolute Gasteiger partial charge is 0.215 e. The zero-order valence-electron chi connectivity index (χ0n) is 7.38. The molecule has 0 aromatic carbocycles. The third-order valence-corrected chi connectivity index (χ3v) is 2.82. The molecule has 0 aromatic heterocycles. The van der Waals surface area contributed by atoms with Crippen LogP contribution in [0.5, 0.6) is 0 Å². The number of carbonyl (C=O) groups is 1. The van der Waals surface area contributed by atoms with Crippen LogP contribution in [-0.2, 0) is 4.79 Å². The maximum Gasteiger partial charge on any atom is 0.215 e. The fourth-order valence-electron chi connectivity index (χ4n) is 1.42. The summed E-state index contributed by atoms with van der Waals surface area (Å²) >= 11 is 1.39. The molecule has 0 N–H and O–H groups in total. The molecule has 0 aliphatic heterocycles. The van der Waals surface area contributed by atoms with Gasteiger partial charge < -0.3 is 0 Å². The highest BCUT2D eigenvalue weighted by atomic mass is 32.2. The SMILES string of the molecule is C=CC1CCC=C1C(=O)SCC. The van der Waals surface area contributed by atoms with Gasteiger partial charge in [0.15, 0.2) is 0 Å². The fourth-order valence-corrected chi connectivity index (χ4v) is 2.08. The highest BCUT2D eigenvalue weighted by molar-refractivity contribution is 8.14. The summed E-state index contributed by atoms with van der Waals surface area (Å²) in [6, 6.07) is 0. The monoisotopic (exact) mass is 182 g/mol. The Morgan fingerprint density at radius 1 is 1.92 bits per heavy atom. The maximum absolute atomic E-state index is 11.5. The van der Waals surface area contributed by atoms with Gasteiger partial charge in [-0.15, -0.1) is 6.58 Å². The number of hydrogen-bond donors (Lipinski definition) is 0. The molecule has 1 aliphatic carbocycles. The summed E-state index contributed by atoms with van der Waals surface area (Å²) in [7, 11) is 0. The van der Waals surface area contributed by atoms with E-state index in [-0.39, 0.29) is 5.12 Å². The van der Waals surface area contributed by atoms with Gasteiger partial charge in [0.1, 0.15) is 0 Å². The van der Waals surface area contributed by atoms with Crippen molar-refractivity contribution in [2.45, 2.75) is 19.8 Å². The van der Waals surface area contributed by atoms with E-state index in [0.717, 1.165) is 24.2 Å². The zero-order chi connectivity index (χ0) is 8.97. The molecule has 0 bridgehead atoms. The molecule has 0 aromatic rings. The molecule has 1 unspecified atom stereocenters. The number of hydrogen-bond acceptors (Lipinski definition) is 2. The van der Waals surface area contributed by atoms with Gasteiger partial charge in [-0.2, -0.15) is 0 Å². The van der Waals surface area contributed by atoms with Crippen LogP contribution in [-0.4, -0.2) is 10.9 Å². The summed E-state index contributed by atoms with van der Waals surface area (Å²) in [4.78, 5) is 11.5. The van der Waals surface area contributed by atoms with Crippen LogP contribution in [0.1, 0.15) is 19.8 Å². The Labute approximate surface area is 77.9 Å². The first-order valence-corrected chi connectivity index (χ1v) is 5.28. The van der Waals surface area contributed by atoms with Gasteiger partial charge in [0.05, 0.1) is 0 Å². The predicted molar refractivity (Wildman–Crippen MR) is 54.1 cm³/mol. The lowest BCUT2D eigenvalue weighted by atomic mass is 10.0. The summed E-state index contributed by atoms with van der Waals surface area (Å²) in [6.45, 7) is 5.73. The van der Waals surface area contributed by atoms with Crippen molar-refractivity contribution in [2.75, 3.05) is 5.75 Å². The van der Waals surface area contributed by atoms with Gasteiger partial charge in [0.2, 0.25) is 5.12 Å². The molecular weight excluding hydrogens is 168 g/mol. The van der Waals surface area contributed by atoms with Gasteiger partial charge in [0.25, 0.3) is 0 Å². The maximum atomic E-state index is 11.5. The minimum Gasteiger partial charge on any atom is -0.282 e. The highest BCUT2D eigenvalue weighted by Crippen LogP contribution is 2.30. The molecule has 66 valence electrons. The van der Waals surface area contributed by atoms with E-state index >= 15 is 0 Å². The van der Waals surface area contributed by atoms with Crippen LogP contribution in [0.2, 0.25) is 0 Å². The molecule has 1 rings (SSSR count).